The van der Waals surface area contributed by atoms with E-state index in [1.54, 1.807) is 0 Å². The zero-order valence-electron chi connectivity index (χ0n) is 8.19. The number of nitrogens with zero attached hydrogens (tertiary/aromatic N) is 1. The molecule has 0 radical (unpaired) electrons. The molecule has 1 unspecified atom stereocenters. The third kappa shape index (κ3) is 2.54. The molecule has 0 saturated carbocycles. The highest BCUT2D eigenvalue weighted by Crippen LogP contribution is 2.06. The summed E-state index contributed by atoms with van der Waals surface area (Å²) in [7, 11) is 0. The van der Waals surface area contributed by atoms with Crippen molar-refractivity contribution >= 4 is 0 Å². The predicted octanol–water partition coefficient (Wildman–Crippen LogP) is 0.758. The summed E-state index contributed by atoms with van der Waals surface area (Å²) < 4.78 is 0. The standard InChI is InChI=1S/C11H16N2O/c14-11-6-7-13(9-11)12-8-10-4-2-1-3-5-10/h1-5,11-12,14H,6-9H2. The van der Waals surface area contributed by atoms with Crippen LogP contribution in [0.15, 0.2) is 30.3 Å². The van der Waals surface area contributed by atoms with Crippen molar-refractivity contribution in [3.8, 4) is 0 Å². The van der Waals surface area contributed by atoms with Gasteiger partial charge in [-0.2, -0.15) is 0 Å². The lowest BCUT2D eigenvalue weighted by molar-refractivity contribution is 0.154. The van der Waals surface area contributed by atoms with Crippen molar-refractivity contribution in [3.63, 3.8) is 0 Å². The quantitative estimate of drug-likeness (QED) is 0.742. The monoisotopic (exact) mass is 192 g/mol. The van der Waals surface area contributed by atoms with Gasteiger partial charge in [0.15, 0.2) is 0 Å². The molecule has 0 aromatic heterocycles. The highest BCUT2D eigenvalue weighted by Gasteiger charge is 2.19. The average Bonchev–Trinajstić information content (AvgIpc) is 2.63. The minimum Gasteiger partial charge on any atom is -0.392 e. The van der Waals surface area contributed by atoms with Crippen molar-refractivity contribution in [2.75, 3.05) is 13.1 Å². The Morgan fingerprint density at radius 1 is 1.36 bits per heavy atom. The van der Waals surface area contributed by atoms with Crippen molar-refractivity contribution in [1.29, 1.82) is 0 Å². The van der Waals surface area contributed by atoms with Crippen LogP contribution in [0.25, 0.3) is 0 Å². The molecule has 0 aliphatic carbocycles. The van der Waals surface area contributed by atoms with E-state index in [0.29, 0.717) is 0 Å². The highest BCUT2D eigenvalue weighted by atomic mass is 16.3. The molecular weight excluding hydrogens is 176 g/mol. The number of aliphatic hydroxyl groups excluding tert-OH is 1. The number of benzene rings is 1. The molecule has 1 aliphatic rings. The van der Waals surface area contributed by atoms with Crippen LogP contribution in [0.1, 0.15) is 12.0 Å². The summed E-state index contributed by atoms with van der Waals surface area (Å²) in [5, 5.41) is 11.4. The first-order chi connectivity index (χ1) is 6.84. The summed E-state index contributed by atoms with van der Waals surface area (Å²) in [4.78, 5) is 0. The second-order valence-corrected chi connectivity index (χ2v) is 3.71. The second-order valence-electron chi connectivity index (χ2n) is 3.71. The SMILES string of the molecule is OC1CCN(NCc2ccccc2)C1. The van der Waals surface area contributed by atoms with E-state index >= 15 is 0 Å². The summed E-state index contributed by atoms with van der Waals surface area (Å²) in [6.07, 6.45) is 0.722. The van der Waals surface area contributed by atoms with Crippen LogP contribution >= 0.6 is 0 Å². The van der Waals surface area contributed by atoms with E-state index in [0.717, 1.165) is 26.1 Å². The smallest absolute Gasteiger partial charge is 0.0693 e. The first-order valence-corrected chi connectivity index (χ1v) is 5.05. The predicted molar refractivity (Wildman–Crippen MR) is 55.5 cm³/mol. The number of hydrogen-bond acceptors (Lipinski definition) is 3. The Balaban J connectivity index is 1.78. The third-order valence-electron chi connectivity index (χ3n) is 2.51. The fraction of sp³-hybridized carbons (Fsp3) is 0.455. The van der Waals surface area contributed by atoms with Gasteiger partial charge in [-0.25, -0.2) is 5.01 Å². The zero-order chi connectivity index (χ0) is 9.80. The van der Waals surface area contributed by atoms with Crippen LogP contribution < -0.4 is 5.43 Å². The fourth-order valence-corrected chi connectivity index (χ4v) is 1.68. The highest BCUT2D eigenvalue weighted by molar-refractivity contribution is 5.14. The molecule has 1 saturated heterocycles. The molecule has 1 aromatic carbocycles. The van der Waals surface area contributed by atoms with E-state index in [1.807, 2.05) is 18.2 Å². The summed E-state index contributed by atoms with van der Waals surface area (Å²) in [5.41, 5.74) is 4.57. The Kier molecular flexibility index (Phi) is 3.14. The minimum atomic E-state index is -0.154. The van der Waals surface area contributed by atoms with Gasteiger partial charge in [-0.15, -0.1) is 0 Å². The molecular formula is C11H16N2O. The molecule has 1 fully saturated rings. The van der Waals surface area contributed by atoms with Crippen LogP contribution in [-0.2, 0) is 6.54 Å². The summed E-state index contributed by atoms with van der Waals surface area (Å²) in [6, 6.07) is 10.3. The molecule has 1 heterocycles. The maximum atomic E-state index is 9.32. The van der Waals surface area contributed by atoms with Gasteiger partial charge in [0, 0.05) is 19.6 Å². The lowest BCUT2D eigenvalue weighted by Crippen LogP contribution is -2.36. The molecule has 3 nitrogen and oxygen atoms in total. The maximum absolute atomic E-state index is 9.32. The number of aliphatic hydroxyl groups is 1. The Hall–Kier alpha value is -0.900. The molecule has 1 atom stereocenters. The fourth-order valence-electron chi connectivity index (χ4n) is 1.68. The molecule has 76 valence electrons. The van der Waals surface area contributed by atoms with Gasteiger partial charge in [-0.05, 0) is 12.0 Å². The van der Waals surface area contributed by atoms with E-state index < -0.39 is 0 Å². The van der Waals surface area contributed by atoms with Gasteiger partial charge >= 0.3 is 0 Å². The van der Waals surface area contributed by atoms with Crippen LogP contribution in [-0.4, -0.2) is 29.3 Å². The molecule has 2 rings (SSSR count). The van der Waals surface area contributed by atoms with Crippen molar-refractivity contribution < 1.29 is 5.11 Å². The number of nitrogens with one attached hydrogen (secondary N) is 1. The molecule has 3 heteroatoms. The second kappa shape index (κ2) is 4.55. The minimum absolute atomic E-state index is 0.154. The molecule has 1 aromatic rings. The van der Waals surface area contributed by atoms with Crippen molar-refractivity contribution in [2.45, 2.75) is 19.1 Å². The molecule has 0 bridgehead atoms. The summed E-state index contributed by atoms with van der Waals surface area (Å²) >= 11 is 0. The van der Waals surface area contributed by atoms with Gasteiger partial charge in [0.05, 0.1) is 6.10 Å². The largest absolute Gasteiger partial charge is 0.392 e. The van der Waals surface area contributed by atoms with E-state index in [-0.39, 0.29) is 6.10 Å². The van der Waals surface area contributed by atoms with E-state index in [4.69, 9.17) is 0 Å². The summed E-state index contributed by atoms with van der Waals surface area (Å²) in [6.45, 7) is 2.52. The Morgan fingerprint density at radius 3 is 2.79 bits per heavy atom. The van der Waals surface area contributed by atoms with E-state index in [1.165, 1.54) is 5.56 Å². The van der Waals surface area contributed by atoms with Crippen molar-refractivity contribution in [2.24, 2.45) is 0 Å². The summed E-state index contributed by atoms with van der Waals surface area (Å²) in [5.74, 6) is 0. The van der Waals surface area contributed by atoms with Crippen molar-refractivity contribution in [1.82, 2.24) is 10.4 Å². The Labute approximate surface area is 84.3 Å². The van der Waals surface area contributed by atoms with Gasteiger partial charge in [0.2, 0.25) is 0 Å². The number of rotatable bonds is 3. The molecule has 1 aliphatic heterocycles. The number of β-amino-alcohol motifs (C(OH)–C–C–N with tert-alkyl or cyclic N) is 1. The van der Waals surface area contributed by atoms with Crippen LogP contribution in [0, 0.1) is 0 Å². The van der Waals surface area contributed by atoms with Gasteiger partial charge < -0.3 is 5.11 Å². The van der Waals surface area contributed by atoms with Crippen LogP contribution in [0.3, 0.4) is 0 Å². The third-order valence-corrected chi connectivity index (χ3v) is 2.51. The molecule has 0 spiro atoms. The normalized spacial score (nSPS) is 22.8. The van der Waals surface area contributed by atoms with Gasteiger partial charge in [-0.3, -0.25) is 5.43 Å². The van der Waals surface area contributed by atoms with Crippen LogP contribution in [0.2, 0.25) is 0 Å². The van der Waals surface area contributed by atoms with E-state index in [9.17, 15) is 5.11 Å². The van der Waals surface area contributed by atoms with Gasteiger partial charge in [0.25, 0.3) is 0 Å². The molecule has 2 N–H and O–H groups in total. The Morgan fingerprint density at radius 2 is 2.14 bits per heavy atom. The van der Waals surface area contributed by atoms with E-state index in [2.05, 4.69) is 22.6 Å². The first kappa shape index (κ1) is 9.65. The first-order valence-electron chi connectivity index (χ1n) is 5.05. The van der Waals surface area contributed by atoms with Crippen molar-refractivity contribution in [3.05, 3.63) is 35.9 Å². The lowest BCUT2D eigenvalue weighted by atomic mass is 10.2. The molecule has 14 heavy (non-hydrogen) atoms. The Bertz CT molecular complexity index is 276. The average molecular weight is 192 g/mol. The van der Waals surface area contributed by atoms with Crippen LogP contribution in [0.5, 0.6) is 0 Å². The molecule has 0 amide bonds. The zero-order valence-corrected chi connectivity index (χ0v) is 8.19. The lowest BCUT2D eigenvalue weighted by Gasteiger charge is -2.16. The number of hydrazine groups is 1. The number of hydrogen-bond donors (Lipinski definition) is 2. The maximum Gasteiger partial charge on any atom is 0.0693 e. The van der Waals surface area contributed by atoms with Gasteiger partial charge in [0.1, 0.15) is 0 Å². The van der Waals surface area contributed by atoms with Gasteiger partial charge in [-0.1, -0.05) is 30.3 Å². The topological polar surface area (TPSA) is 35.5 Å². The van der Waals surface area contributed by atoms with Crippen LogP contribution in [0.4, 0.5) is 0 Å².